The molecule has 1 saturated heterocycles. The molecule has 0 aliphatic carbocycles. The Morgan fingerprint density at radius 3 is 3.05 bits per heavy atom. The van der Waals surface area contributed by atoms with Crippen molar-refractivity contribution in [3.8, 4) is 0 Å². The second-order valence-corrected chi connectivity index (χ2v) is 4.88. The summed E-state index contributed by atoms with van der Waals surface area (Å²) in [7, 11) is 1.96. The molecule has 1 heterocycles. The molecule has 2 N–H and O–H groups in total. The van der Waals surface area contributed by atoms with E-state index < -0.39 is 0 Å². The molecule has 1 aliphatic rings. The lowest BCUT2D eigenvalue weighted by atomic mass is 10.3. The number of halogens is 1. The zero-order chi connectivity index (χ0) is 13.7. The first-order chi connectivity index (χ1) is 9.17. The highest BCUT2D eigenvalue weighted by atomic mass is 19.1. The van der Waals surface area contributed by atoms with Gasteiger partial charge in [-0.3, -0.25) is 4.79 Å². The van der Waals surface area contributed by atoms with E-state index in [1.54, 1.807) is 12.1 Å². The summed E-state index contributed by atoms with van der Waals surface area (Å²) in [6.45, 7) is 2.77. The number of hydrogen-bond donors (Lipinski definition) is 2. The van der Waals surface area contributed by atoms with Crippen LogP contribution in [-0.4, -0.2) is 43.5 Å². The summed E-state index contributed by atoms with van der Waals surface area (Å²) in [6, 6.07) is 6.49. The number of likely N-dealkylation sites (tertiary alicyclic amines) is 1. The highest BCUT2D eigenvalue weighted by Gasteiger charge is 2.20. The van der Waals surface area contributed by atoms with Crippen LogP contribution in [0.15, 0.2) is 24.3 Å². The van der Waals surface area contributed by atoms with E-state index in [4.69, 9.17) is 0 Å². The van der Waals surface area contributed by atoms with Gasteiger partial charge in [-0.05, 0) is 38.2 Å². The smallest absolute Gasteiger partial charge is 0.225 e. The van der Waals surface area contributed by atoms with Gasteiger partial charge in [0.2, 0.25) is 5.91 Å². The number of nitrogens with one attached hydrogen (secondary N) is 2. The Kier molecular flexibility index (Phi) is 4.87. The van der Waals surface area contributed by atoms with Gasteiger partial charge in [0.15, 0.2) is 0 Å². The van der Waals surface area contributed by atoms with Gasteiger partial charge in [-0.15, -0.1) is 0 Å². The summed E-state index contributed by atoms with van der Waals surface area (Å²) >= 11 is 0. The van der Waals surface area contributed by atoms with Crippen LogP contribution >= 0.6 is 0 Å². The Morgan fingerprint density at radius 1 is 1.53 bits per heavy atom. The molecule has 1 unspecified atom stereocenters. The normalized spacial score (nSPS) is 19.6. The first-order valence-corrected chi connectivity index (χ1v) is 6.62. The number of amides is 1. The van der Waals surface area contributed by atoms with Crippen molar-refractivity contribution in [2.45, 2.75) is 18.9 Å². The van der Waals surface area contributed by atoms with E-state index in [-0.39, 0.29) is 11.7 Å². The Labute approximate surface area is 113 Å². The largest absolute Gasteiger partial charge is 0.326 e. The van der Waals surface area contributed by atoms with E-state index in [2.05, 4.69) is 15.5 Å². The lowest BCUT2D eigenvalue weighted by molar-refractivity contribution is -0.116. The molecule has 0 aromatic heterocycles. The molecule has 1 aliphatic heterocycles. The highest BCUT2D eigenvalue weighted by molar-refractivity contribution is 5.90. The van der Waals surface area contributed by atoms with Gasteiger partial charge < -0.3 is 15.5 Å². The Morgan fingerprint density at radius 2 is 2.37 bits per heavy atom. The molecule has 1 amide bonds. The van der Waals surface area contributed by atoms with Crippen molar-refractivity contribution in [1.29, 1.82) is 0 Å². The maximum absolute atomic E-state index is 13.0. The fourth-order valence-electron chi connectivity index (χ4n) is 2.32. The first kappa shape index (κ1) is 14.0. The van der Waals surface area contributed by atoms with Crippen LogP contribution in [-0.2, 0) is 4.79 Å². The van der Waals surface area contributed by atoms with E-state index in [1.165, 1.54) is 12.1 Å². The highest BCUT2D eigenvalue weighted by Crippen LogP contribution is 2.11. The molecule has 0 bridgehead atoms. The number of carbonyl (C=O) groups is 1. The van der Waals surface area contributed by atoms with E-state index >= 15 is 0 Å². The first-order valence-electron chi connectivity index (χ1n) is 6.62. The third-order valence-corrected chi connectivity index (χ3v) is 3.44. The Hall–Kier alpha value is -1.46. The third kappa shape index (κ3) is 4.29. The molecule has 0 radical (unpaired) electrons. The van der Waals surface area contributed by atoms with Crippen LogP contribution in [0.4, 0.5) is 10.1 Å². The number of rotatable bonds is 5. The van der Waals surface area contributed by atoms with Crippen LogP contribution in [0.5, 0.6) is 0 Å². The molecule has 0 spiro atoms. The molecule has 5 heteroatoms. The van der Waals surface area contributed by atoms with Crippen molar-refractivity contribution in [2.24, 2.45) is 0 Å². The van der Waals surface area contributed by atoms with Gasteiger partial charge in [0.1, 0.15) is 5.82 Å². The van der Waals surface area contributed by atoms with Crippen molar-refractivity contribution < 1.29 is 9.18 Å². The standard InChI is InChI=1S/C14H20FN3O/c1-16-13-5-7-18(10-13)8-6-14(19)17-12-4-2-3-11(15)9-12/h2-4,9,13,16H,5-8,10H2,1H3,(H,17,19). The van der Waals surface area contributed by atoms with E-state index in [0.29, 0.717) is 18.2 Å². The summed E-state index contributed by atoms with van der Waals surface area (Å²) in [4.78, 5) is 14.0. The van der Waals surface area contributed by atoms with Gasteiger partial charge >= 0.3 is 0 Å². The second kappa shape index (κ2) is 6.63. The Balaban J connectivity index is 1.73. The van der Waals surface area contributed by atoms with Gasteiger partial charge in [-0.1, -0.05) is 6.07 Å². The van der Waals surface area contributed by atoms with Crippen LogP contribution in [0, 0.1) is 5.82 Å². The second-order valence-electron chi connectivity index (χ2n) is 4.88. The maximum Gasteiger partial charge on any atom is 0.225 e. The van der Waals surface area contributed by atoms with Crippen LogP contribution in [0.1, 0.15) is 12.8 Å². The summed E-state index contributed by atoms with van der Waals surface area (Å²) in [5, 5.41) is 5.95. The lowest BCUT2D eigenvalue weighted by Crippen LogP contribution is -2.31. The molecule has 1 atom stereocenters. The number of anilines is 1. The number of nitrogens with zero attached hydrogens (tertiary/aromatic N) is 1. The van der Waals surface area contributed by atoms with E-state index in [1.807, 2.05) is 7.05 Å². The summed E-state index contributed by atoms with van der Waals surface area (Å²) in [6.07, 6.45) is 1.56. The Bertz CT molecular complexity index is 438. The fourth-order valence-corrected chi connectivity index (χ4v) is 2.32. The van der Waals surface area contributed by atoms with Gasteiger partial charge in [-0.2, -0.15) is 0 Å². The van der Waals surface area contributed by atoms with Crippen molar-refractivity contribution in [1.82, 2.24) is 10.2 Å². The number of carbonyl (C=O) groups excluding carboxylic acids is 1. The van der Waals surface area contributed by atoms with Gasteiger partial charge in [-0.25, -0.2) is 4.39 Å². The third-order valence-electron chi connectivity index (χ3n) is 3.44. The molecular formula is C14H20FN3O. The molecule has 1 aromatic carbocycles. The molecule has 4 nitrogen and oxygen atoms in total. The van der Waals surface area contributed by atoms with Gasteiger partial charge in [0, 0.05) is 31.2 Å². The topological polar surface area (TPSA) is 44.4 Å². The predicted octanol–water partition coefficient (Wildman–Crippen LogP) is 1.45. The molecule has 104 valence electrons. The zero-order valence-corrected chi connectivity index (χ0v) is 11.2. The van der Waals surface area contributed by atoms with Crippen molar-refractivity contribution >= 4 is 11.6 Å². The summed E-state index contributed by atoms with van der Waals surface area (Å²) in [5.74, 6) is -0.410. The van der Waals surface area contributed by atoms with Crippen LogP contribution in [0.3, 0.4) is 0 Å². The van der Waals surface area contributed by atoms with Gasteiger partial charge in [0.25, 0.3) is 0 Å². The number of benzene rings is 1. The minimum atomic E-state index is -0.339. The summed E-state index contributed by atoms with van der Waals surface area (Å²) < 4.78 is 13.0. The van der Waals surface area contributed by atoms with Crippen molar-refractivity contribution in [3.05, 3.63) is 30.1 Å². The minimum absolute atomic E-state index is 0.0708. The molecule has 1 aromatic rings. The number of likely N-dealkylation sites (N-methyl/N-ethyl adjacent to an activating group) is 1. The van der Waals surface area contributed by atoms with Crippen LogP contribution < -0.4 is 10.6 Å². The zero-order valence-electron chi connectivity index (χ0n) is 11.2. The molecule has 0 saturated carbocycles. The van der Waals surface area contributed by atoms with Gasteiger partial charge in [0.05, 0.1) is 0 Å². The molecule has 2 rings (SSSR count). The monoisotopic (exact) mass is 265 g/mol. The average Bonchev–Trinajstić information content (AvgIpc) is 2.84. The lowest BCUT2D eigenvalue weighted by Gasteiger charge is -2.15. The molecule has 1 fully saturated rings. The van der Waals surface area contributed by atoms with Crippen LogP contribution in [0.2, 0.25) is 0 Å². The van der Waals surface area contributed by atoms with Crippen molar-refractivity contribution in [2.75, 3.05) is 32.0 Å². The van der Waals surface area contributed by atoms with Crippen molar-refractivity contribution in [3.63, 3.8) is 0 Å². The quantitative estimate of drug-likeness (QED) is 0.847. The fraction of sp³-hybridized carbons (Fsp3) is 0.500. The molecular weight excluding hydrogens is 245 g/mol. The van der Waals surface area contributed by atoms with Crippen LogP contribution in [0.25, 0.3) is 0 Å². The SMILES string of the molecule is CNC1CCN(CCC(=O)Nc2cccc(F)c2)C1. The van der Waals surface area contributed by atoms with E-state index in [9.17, 15) is 9.18 Å². The molecule has 19 heavy (non-hydrogen) atoms. The average molecular weight is 265 g/mol. The summed E-state index contributed by atoms with van der Waals surface area (Å²) in [5.41, 5.74) is 0.513. The predicted molar refractivity (Wildman–Crippen MR) is 73.6 cm³/mol. The maximum atomic E-state index is 13.0. The number of hydrogen-bond acceptors (Lipinski definition) is 3. The van der Waals surface area contributed by atoms with E-state index in [0.717, 1.165) is 26.1 Å². The minimum Gasteiger partial charge on any atom is -0.326 e.